The third kappa shape index (κ3) is 4.67. The molecule has 0 aliphatic heterocycles. The third-order valence-electron chi connectivity index (χ3n) is 4.11. The van der Waals surface area contributed by atoms with Gasteiger partial charge in [-0.2, -0.15) is 0 Å². The summed E-state index contributed by atoms with van der Waals surface area (Å²) in [7, 11) is 1.53. The molecule has 1 heterocycles. The van der Waals surface area contributed by atoms with Crippen LogP contribution in [0.1, 0.15) is 33.3 Å². The maximum atomic E-state index is 13.7. The van der Waals surface area contributed by atoms with Crippen LogP contribution in [-0.4, -0.2) is 24.6 Å². The molecule has 28 heavy (non-hydrogen) atoms. The van der Waals surface area contributed by atoms with E-state index in [1.54, 1.807) is 37.4 Å². The van der Waals surface area contributed by atoms with Crippen LogP contribution in [0.3, 0.4) is 0 Å². The van der Waals surface area contributed by atoms with Crippen LogP contribution in [0.25, 0.3) is 0 Å². The highest BCUT2D eigenvalue weighted by atomic mass is 32.1. The molecule has 1 aromatic heterocycles. The van der Waals surface area contributed by atoms with Gasteiger partial charge in [-0.05, 0) is 49.2 Å². The minimum atomic E-state index is -0.288. The van der Waals surface area contributed by atoms with Gasteiger partial charge in [-0.25, -0.2) is 9.37 Å². The van der Waals surface area contributed by atoms with Gasteiger partial charge in [-0.3, -0.25) is 10.1 Å². The lowest BCUT2D eigenvalue weighted by atomic mass is 10.1. The Bertz CT molecular complexity index is 988. The van der Waals surface area contributed by atoms with E-state index in [1.807, 2.05) is 13.0 Å². The lowest BCUT2D eigenvalue weighted by Gasteiger charge is -2.10. The summed E-state index contributed by atoms with van der Waals surface area (Å²) in [4.78, 5) is 17.7. The summed E-state index contributed by atoms with van der Waals surface area (Å²) < 4.78 is 24.4. The van der Waals surface area contributed by atoms with Gasteiger partial charge in [0.25, 0.3) is 5.91 Å². The number of rotatable bonds is 7. The van der Waals surface area contributed by atoms with E-state index in [0.29, 0.717) is 40.8 Å². The largest absolute Gasteiger partial charge is 0.493 e. The number of aromatic nitrogens is 1. The van der Waals surface area contributed by atoms with Crippen molar-refractivity contribution in [2.24, 2.45) is 0 Å². The van der Waals surface area contributed by atoms with Crippen molar-refractivity contribution >= 4 is 22.4 Å². The van der Waals surface area contributed by atoms with Crippen molar-refractivity contribution in [2.75, 3.05) is 19.0 Å². The summed E-state index contributed by atoms with van der Waals surface area (Å²) in [5.74, 6) is 0.572. The fourth-order valence-corrected chi connectivity index (χ4v) is 3.49. The molecule has 1 N–H and O–H groups in total. The van der Waals surface area contributed by atoms with Crippen molar-refractivity contribution in [3.8, 4) is 11.5 Å². The number of carbonyl (C=O) groups excluding carboxylic acids is 1. The van der Waals surface area contributed by atoms with Crippen LogP contribution in [0.5, 0.6) is 11.5 Å². The third-order valence-corrected chi connectivity index (χ3v) is 5.03. The van der Waals surface area contributed by atoms with Crippen molar-refractivity contribution in [1.82, 2.24) is 4.98 Å². The minimum absolute atomic E-state index is 0.222. The molecule has 0 fully saturated rings. The normalized spacial score (nSPS) is 10.6. The summed E-state index contributed by atoms with van der Waals surface area (Å²) in [5, 5.41) is 3.27. The average molecular weight is 400 g/mol. The van der Waals surface area contributed by atoms with Crippen molar-refractivity contribution in [3.63, 3.8) is 0 Å². The van der Waals surface area contributed by atoms with Gasteiger partial charge in [0.2, 0.25) is 0 Å². The zero-order valence-corrected chi connectivity index (χ0v) is 16.7. The SMILES string of the molecule is CCOc1ccc(C(=O)Nc2ncc(Cc3ccc(C)c(F)c3)s2)cc1OC. The van der Waals surface area contributed by atoms with E-state index in [2.05, 4.69) is 10.3 Å². The number of carbonyl (C=O) groups is 1. The Morgan fingerprint density at radius 3 is 2.75 bits per heavy atom. The van der Waals surface area contributed by atoms with Crippen LogP contribution in [0.15, 0.2) is 42.6 Å². The first kappa shape index (κ1) is 19.8. The molecule has 0 atom stereocenters. The monoisotopic (exact) mass is 400 g/mol. The number of anilines is 1. The quantitative estimate of drug-likeness (QED) is 0.616. The molecular formula is C21H21FN2O3S. The van der Waals surface area contributed by atoms with Gasteiger partial charge < -0.3 is 9.47 Å². The maximum Gasteiger partial charge on any atom is 0.257 e. The second kappa shape index (κ2) is 8.84. The molecule has 0 aliphatic carbocycles. The number of ether oxygens (including phenoxy) is 2. The number of hydrogen-bond donors (Lipinski definition) is 1. The zero-order valence-electron chi connectivity index (χ0n) is 15.9. The van der Waals surface area contributed by atoms with Crippen LogP contribution in [0.4, 0.5) is 9.52 Å². The minimum Gasteiger partial charge on any atom is -0.493 e. The fraction of sp³-hybridized carbons (Fsp3) is 0.238. The van der Waals surface area contributed by atoms with E-state index in [4.69, 9.17) is 9.47 Å². The predicted octanol–water partition coefficient (Wildman–Crippen LogP) is 4.84. The van der Waals surface area contributed by atoms with Crippen LogP contribution in [-0.2, 0) is 6.42 Å². The number of methoxy groups -OCH3 is 1. The molecule has 0 aliphatic rings. The molecular weight excluding hydrogens is 379 g/mol. The average Bonchev–Trinajstić information content (AvgIpc) is 3.12. The Balaban J connectivity index is 1.69. The van der Waals surface area contributed by atoms with Gasteiger partial charge in [0.1, 0.15) is 5.82 Å². The molecule has 3 aromatic rings. The summed E-state index contributed by atoms with van der Waals surface area (Å²) in [6.45, 7) is 4.12. The van der Waals surface area contributed by atoms with Crippen LogP contribution >= 0.6 is 11.3 Å². The van der Waals surface area contributed by atoms with Crippen molar-refractivity contribution in [2.45, 2.75) is 20.3 Å². The van der Waals surface area contributed by atoms with E-state index < -0.39 is 0 Å². The number of hydrogen-bond acceptors (Lipinski definition) is 5. The molecule has 1 amide bonds. The first-order chi connectivity index (χ1) is 13.5. The maximum absolute atomic E-state index is 13.7. The number of aryl methyl sites for hydroxylation is 1. The smallest absolute Gasteiger partial charge is 0.257 e. The molecule has 0 bridgehead atoms. The Kier molecular flexibility index (Phi) is 6.26. The number of amides is 1. The number of thiazole rings is 1. The Hall–Kier alpha value is -2.93. The Morgan fingerprint density at radius 2 is 2.04 bits per heavy atom. The van der Waals surface area contributed by atoms with Crippen LogP contribution in [0, 0.1) is 12.7 Å². The molecule has 0 radical (unpaired) electrons. The molecule has 3 rings (SSSR count). The summed E-state index contributed by atoms with van der Waals surface area (Å²) in [6, 6.07) is 10.2. The Labute approximate surface area is 167 Å². The number of benzene rings is 2. The van der Waals surface area contributed by atoms with E-state index in [9.17, 15) is 9.18 Å². The summed E-state index contributed by atoms with van der Waals surface area (Å²) in [6.07, 6.45) is 2.25. The molecule has 0 saturated heterocycles. The summed E-state index contributed by atoms with van der Waals surface area (Å²) >= 11 is 1.36. The van der Waals surface area contributed by atoms with E-state index in [-0.39, 0.29) is 11.7 Å². The summed E-state index contributed by atoms with van der Waals surface area (Å²) in [5.41, 5.74) is 1.92. The van der Waals surface area contributed by atoms with Gasteiger partial charge in [0.05, 0.1) is 13.7 Å². The van der Waals surface area contributed by atoms with Crippen LogP contribution < -0.4 is 14.8 Å². The fourth-order valence-electron chi connectivity index (χ4n) is 2.65. The standard InChI is InChI=1S/C21H21FN2O3S/c1-4-27-18-8-7-15(11-19(18)26-3)20(25)24-21-23-12-16(28-21)9-14-6-5-13(2)17(22)10-14/h5-8,10-12H,4,9H2,1-3H3,(H,23,24,25). The molecule has 0 saturated carbocycles. The molecule has 146 valence electrons. The van der Waals surface area contributed by atoms with Crippen molar-refractivity contribution in [1.29, 1.82) is 0 Å². The predicted molar refractivity (Wildman–Crippen MR) is 108 cm³/mol. The van der Waals surface area contributed by atoms with E-state index >= 15 is 0 Å². The molecule has 7 heteroatoms. The number of halogens is 1. The number of nitrogens with zero attached hydrogens (tertiary/aromatic N) is 1. The molecule has 0 spiro atoms. The molecule has 0 unspecified atom stereocenters. The van der Waals surface area contributed by atoms with Gasteiger partial charge in [-0.1, -0.05) is 12.1 Å². The highest BCUT2D eigenvalue weighted by Gasteiger charge is 2.13. The van der Waals surface area contributed by atoms with Gasteiger partial charge in [-0.15, -0.1) is 11.3 Å². The van der Waals surface area contributed by atoms with E-state index in [0.717, 1.165) is 10.4 Å². The topological polar surface area (TPSA) is 60.5 Å². The van der Waals surface area contributed by atoms with E-state index in [1.165, 1.54) is 24.5 Å². The lowest BCUT2D eigenvalue weighted by molar-refractivity contribution is 0.102. The highest BCUT2D eigenvalue weighted by Crippen LogP contribution is 2.29. The van der Waals surface area contributed by atoms with Gasteiger partial charge in [0, 0.05) is 23.1 Å². The van der Waals surface area contributed by atoms with Crippen LogP contribution in [0.2, 0.25) is 0 Å². The first-order valence-corrected chi connectivity index (χ1v) is 9.63. The lowest BCUT2D eigenvalue weighted by Crippen LogP contribution is -2.12. The molecule has 2 aromatic carbocycles. The Morgan fingerprint density at radius 1 is 1.21 bits per heavy atom. The highest BCUT2D eigenvalue weighted by molar-refractivity contribution is 7.15. The van der Waals surface area contributed by atoms with Gasteiger partial charge >= 0.3 is 0 Å². The molecule has 5 nitrogen and oxygen atoms in total. The van der Waals surface area contributed by atoms with Gasteiger partial charge in [0.15, 0.2) is 16.6 Å². The number of nitrogens with one attached hydrogen (secondary N) is 1. The first-order valence-electron chi connectivity index (χ1n) is 8.82. The second-order valence-corrected chi connectivity index (χ2v) is 7.26. The van der Waals surface area contributed by atoms with Crippen molar-refractivity contribution in [3.05, 3.63) is 70.0 Å². The van der Waals surface area contributed by atoms with Crippen molar-refractivity contribution < 1.29 is 18.7 Å². The zero-order chi connectivity index (χ0) is 20.1. The second-order valence-electron chi connectivity index (χ2n) is 6.14.